The molecule has 0 aliphatic carbocycles. The highest BCUT2D eigenvalue weighted by molar-refractivity contribution is 5.85. The third kappa shape index (κ3) is 6.80. The van der Waals surface area contributed by atoms with Crippen LogP contribution in [0.15, 0.2) is 0 Å². The minimum absolute atomic E-state index is 0. The van der Waals surface area contributed by atoms with Crippen molar-refractivity contribution in [2.75, 3.05) is 14.2 Å². The Hall–Kier alpha value is -1.59. The lowest BCUT2D eigenvalue weighted by Crippen LogP contribution is -2.40. The summed E-state index contributed by atoms with van der Waals surface area (Å²) in [5, 5.41) is 2.33. The lowest BCUT2D eigenvalue weighted by molar-refractivity contribution is -0.140. The molecular weight excluding hydrogens is 214 g/mol. The molecule has 0 rings (SSSR count). The zero-order valence-electron chi connectivity index (χ0n) is 9.03. The standard InChI is InChI=1S/C9H15NO5.CH4.H2/c1-6(11)7(10-9(13)15-3)4-5-8(12)14-2;;/h7H,4-5H2,1-3H3,(H,10,13);1H4;1H. The molecule has 0 aliphatic rings. The Balaban J connectivity index is -0.000000980. The summed E-state index contributed by atoms with van der Waals surface area (Å²) in [5.74, 6) is -0.655. The van der Waals surface area contributed by atoms with Crippen molar-refractivity contribution < 1.29 is 25.3 Å². The molecule has 0 bridgehead atoms. The normalized spacial score (nSPS) is 10.7. The van der Waals surface area contributed by atoms with Crippen LogP contribution in [0.1, 0.15) is 28.6 Å². The van der Waals surface area contributed by atoms with Crippen LogP contribution in [-0.4, -0.2) is 38.1 Å². The van der Waals surface area contributed by atoms with Gasteiger partial charge in [0.05, 0.1) is 20.3 Å². The molecule has 1 unspecified atom stereocenters. The van der Waals surface area contributed by atoms with Crippen molar-refractivity contribution in [2.45, 2.75) is 33.2 Å². The molecule has 1 N–H and O–H groups in total. The highest BCUT2D eigenvalue weighted by Gasteiger charge is 2.18. The summed E-state index contributed by atoms with van der Waals surface area (Å²) in [4.78, 5) is 32.7. The van der Waals surface area contributed by atoms with Gasteiger partial charge in [0.15, 0.2) is 5.78 Å². The Labute approximate surface area is 96.8 Å². The fraction of sp³-hybridized carbons (Fsp3) is 0.700. The number of carbonyl (C=O) groups is 3. The average molecular weight is 235 g/mol. The molecule has 6 heteroatoms. The lowest BCUT2D eigenvalue weighted by Gasteiger charge is -2.13. The first kappa shape index (κ1) is 16.8. The van der Waals surface area contributed by atoms with E-state index in [0.29, 0.717) is 0 Å². The van der Waals surface area contributed by atoms with Crippen LogP contribution in [0.5, 0.6) is 0 Å². The fourth-order valence-corrected chi connectivity index (χ4v) is 0.942. The molecule has 0 aromatic carbocycles. The summed E-state index contributed by atoms with van der Waals surface area (Å²) in [6.45, 7) is 1.33. The van der Waals surface area contributed by atoms with E-state index < -0.39 is 18.1 Å². The number of esters is 1. The van der Waals surface area contributed by atoms with E-state index in [1.807, 2.05) is 0 Å². The molecule has 96 valence electrons. The van der Waals surface area contributed by atoms with E-state index in [9.17, 15) is 14.4 Å². The zero-order valence-corrected chi connectivity index (χ0v) is 9.03. The van der Waals surface area contributed by atoms with E-state index in [1.54, 1.807) is 0 Å². The first-order valence-electron chi connectivity index (χ1n) is 4.43. The smallest absolute Gasteiger partial charge is 0.407 e. The van der Waals surface area contributed by atoms with Crippen LogP contribution in [0, 0.1) is 0 Å². The first-order valence-corrected chi connectivity index (χ1v) is 4.43. The zero-order chi connectivity index (χ0) is 11.8. The molecule has 0 fully saturated rings. The summed E-state index contributed by atoms with van der Waals surface area (Å²) < 4.78 is 8.76. The van der Waals surface area contributed by atoms with Gasteiger partial charge in [0.2, 0.25) is 0 Å². The molecule has 1 amide bonds. The van der Waals surface area contributed by atoms with E-state index in [0.717, 1.165) is 0 Å². The number of amides is 1. The first-order chi connectivity index (χ1) is 7.01. The maximum atomic E-state index is 11.1. The van der Waals surface area contributed by atoms with E-state index in [4.69, 9.17) is 0 Å². The van der Waals surface area contributed by atoms with E-state index >= 15 is 0 Å². The maximum absolute atomic E-state index is 11.1. The van der Waals surface area contributed by atoms with Gasteiger partial charge in [0.1, 0.15) is 0 Å². The SMILES string of the molecule is C.COC(=O)CCC(NC(=O)OC)C(C)=O.[HH]. The third-order valence-corrected chi connectivity index (χ3v) is 1.83. The molecule has 0 aromatic heterocycles. The molecule has 0 radical (unpaired) electrons. The van der Waals surface area contributed by atoms with Gasteiger partial charge in [-0.1, -0.05) is 7.43 Å². The molecule has 0 spiro atoms. The summed E-state index contributed by atoms with van der Waals surface area (Å²) in [6.07, 6.45) is -0.415. The van der Waals surface area contributed by atoms with Crippen molar-refractivity contribution in [1.29, 1.82) is 0 Å². The van der Waals surface area contributed by atoms with Crippen molar-refractivity contribution in [1.82, 2.24) is 5.32 Å². The average Bonchev–Trinajstić information content (AvgIpc) is 2.22. The van der Waals surface area contributed by atoms with Gasteiger partial charge in [-0.25, -0.2) is 4.79 Å². The Bertz CT molecular complexity index is 257. The van der Waals surface area contributed by atoms with E-state index in [1.165, 1.54) is 21.1 Å². The predicted octanol–water partition coefficient (Wildman–Crippen LogP) is 1.14. The molecule has 0 heterocycles. The lowest BCUT2D eigenvalue weighted by atomic mass is 10.1. The van der Waals surface area contributed by atoms with Crippen LogP contribution in [0.2, 0.25) is 0 Å². The summed E-state index contributed by atoms with van der Waals surface area (Å²) in [7, 11) is 2.46. The number of methoxy groups -OCH3 is 2. The van der Waals surface area contributed by atoms with E-state index in [2.05, 4.69) is 14.8 Å². The molecule has 16 heavy (non-hydrogen) atoms. The summed E-state index contributed by atoms with van der Waals surface area (Å²) in [6, 6.07) is -0.712. The number of ether oxygens (including phenoxy) is 2. The highest BCUT2D eigenvalue weighted by Crippen LogP contribution is 2.00. The topological polar surface area (TPSA) is 81.7 Å². The summed E-state index contributed by atoms with van der Waals surface area (Å²) in [5.41, 5.74) is 0. The minimum Gasteiger partial charge on any atom is -0.469 e. The van der Waals surface area contributed by atoms with Crippen LogP contribution < -0.4 is 5.32 Å². The van der Waals surface area contributed by atoms with Gasteiger partial charge in [-0.05, 0) is 13.3 Å². The molecule has 0 saturated carbocycles. The second-order valence-electron chi connectivity index (χ2n) is 2.91. The van der Waals surface area contributed by atoms with Gasteiger partial charge in [-0.3, -0.25) is 9.59 Å². The molecule has 1 atom stereocenters. The quantitative estimate of drug-likeness (QED) is 0.722. The number of carbonyl (C=O) groups excluding carboxylic acids is 3. The van der Waals surface area contributed by atoms with Crippen LogP contribution in [0.4, 0.5) is 4.79 Å². The number of rotatable bonds is 5. The Morgan fingerprint density at radius 3 is 2.19 bits per heavy atom. The van der Waals surface area contributed by atoms with Gasteiger partial charge in [0, 0.05) is 7.85 Å². The molecule has 0 aliphatic heterocycles. The van der Waals surface area contributed by atoms with Gasteiger partial charge in [0.25, 0.3) is 0 Å². The highest BCUT2D eigenvalue weighted by atomic mass is 16.5. The summed E-state index contributed by atoms with van der Waals surface area (Å²) >= 11 is 0. The van der Waals surface area contributed by atoms with Gasteiger partial charge < -0.3 is 14.8 Å². The van der Waals surface area contributed by atoms with Crippen LogP contribution in [0.3, 0.4) is 0 Å². The monoisotopic (exact) mass is 235 g/mol. The van der Waals surface area contributed by atoms with Crippen LogP contribution in [0.25, 0.3) is 0 Å². The van der Waals surface area contributed by atoms with Crippen molar-refractivity contribution in [3.63, 3.8) is 0 Å². The number of Topliss-reactive ketones (excluding diaryl/α,β-unsaturated/α-hetero) is 1. The van der Waals surface area contributed by atoms with Crippen molar-refractivity contribution in [3.8, 4) is 0 Å². The molecular formula is C10H21NO5. The molecule has 0 aromatic rings. The van der Waals surface area contributed by atoms with Crippen molar-refractivity contribution >= 4 is 17.8 Å². The number of hydrogen-bond acceptors (Lipinski definition) is 5. The number of hydrogen-bond donors (Lipinski definition) is 1. The Morgan fingerprint density at radius 1 is 1.25 bits per heavy atom. The third-order valence-electron chi connectivity index (χ3n) is 1.83. The van der Waals surface area contributed by atoms with Gasteiger partial charge in [-0.15, -0.1) is 0 Å². The largest absolute Gasteiger partial charge is 0.469 e. The van der Waals surface area contributed by atoms with Crippen molar-refractivity contribution in [2.24, 2.45) is 0 Å². The second kappa shape index (κ2) is 8.70. The second-order valence-corrected chi connectivity index (χ2v) is 2.91. The Morgan fingerprint density at radius 2 is 1.81 bits per heavy atom. The van der Waals surface area contributed by atoms with Gasteiger partial charge in [-0.2, -0.15) is 0 Å². The van der Waals surface area contributed by atoms with Crippen molar-refractivity contribution in [3.05, 3.63) is 0 Å². The predicted molar refractivity (Wildman–Crippen MR) is 60.1 cm³/mol. The Kier molecular flexibility index (Phi) is 9.15. The van der Waals surface area contributed by atoms with E-state index in [-0.39, 0.29) is 27.5 Å². The van der Waals surface area contributed by atoms with Crippen LogP contribution >= 0.6 is 0 Å². The number of nitrogens with one attached hydrogen (secondary N) is 1. The van der Waals surface area contributed by atoms with Gasteiger partial charge >= 0.3 is 12.1 Å². The number of alkyl carbamates (subject to hydrolysis) is 1. The number of ketones is 1. The molecule has 0 saturated heterocycles. The van der Waals surface area contributed by atoms with Crippen LogP contribution in [-0.2, 0) is 19.1 Å². The minimum atomic E-state index is -0.712. The fourth-order valence-electron chi connectivity index (χ4n) is 0.942. The molecule has 6 nitrogen and oxygen atoms in total. The maximum Gasteiger partial charge on any atom is 0.407 e.